The lowest BCUT2D eigenvalue weighted by Crippen LogP contribution is -2.49. The van der Waals surface area contributed by atoms with Gasteiger partial charge in [0, 0.05) is 19.5 Å². The molecule has 35 heavy (non-hydrogen) atoms. The van der Waals surface area contributed by atoms with E-state index in [1.54, 1.807) is 4.90 Å². The molecule has 0 spiro atoms. The second-order valence-electron chi connectivity index (χ2n) is 9.86. The van der Waals surface area contributed by atoms with Crippen LogP contribution in [0.1, 0.15) is 78.1 Å². The quantitative estimate of drug-likeness (QED) is 0.341. The van der Waals surface area contributed by atoms with E-state index in [0.717, 1.165) is 37.5 Å². The number of hydrogen-bond acceptors (Lipinski definition) is 4. The number of halogens is 2. The summed E-state index contributed by atoms with van der Waals surface area (Å²) in [6, 6.07) is 2.43. The highest BCUT2D eigenvalue weighted by Gasteiger charge is 2.29. The van der Waals surface area contributed by atoms with Crippen LogP contribution in [0.4, 0.5) is 4.39 Å². The molecule has 1 aliphatic rings. The fourth-order valence-corrected chi connectivity index (χ4v) is 6.23. The van der Waals surface area contributed by atoms with Crippen molar-refractivity contribution in [2.75, 3.05) is 13.1 Å². The molecule has 1 fully saturated rings. The highest BCUT2D eigenvalue weighted by atomic mass is 35.5. The predicted molar refractivity (Wildman–Crippen MR) is 136 cm³/mol. The Morgan fingerprint density at radius 3 is 2.49 bits per heavy atom. The van der Waals surface area contributed by atoms with Crippen molar-refractivity contribution in [2.24, 2.45) is 17.6 Å². The zero-order chi connectivity index (χ0) is 26.0. The molecule has 0 aromatic heterocycles. The first-order valence-electron chi connectivity index (χ1n) is 12.5. The molecule has 1 aromatic carbocycles. The zero-order valence-corrected chi connectivity index (χ0v) is 22.3. The molecule has 1 aliphatic carbocycles. The van der Waals surface area contributed by atoms with Crippen LogP contribution in [0, 0.1) is 17.7 Å². The van der Waals surface area contributed by atoms with Crippen molar-refractivity contribution in [3.63, 3.8) is 0 Å². The third-order valence-corrected chi connectivity index (χ3v) is 8.46. The van der Waals surface area contributed by atoms with Crippen molar-refractivity contribution in [1.29, 1.82) is 0 Å². The van der Waals surface area contributed by atoms with Gasteiger partial charge in [-0.2, -0.15) is 0 Å². The number of unbranched alkanes of at least 4 members (excludes halogenated alkanes) is 1. The zero-order valence-electron chi connectivity index (χ0n) is 20.8. The highest BCUT2D eigenvalue weighted by Crippen LogP contribution is 2.28. The van der Waals surface area contributed by atoms with Gasteiger partial charge < -0.3 is 10.6 Å². The fourth-order valence-electron chi connectivity index (χ4n) is 4.63. The van der Waals surface area contributed by atoms with E-state index in [9.17, 15) is 22.4 Å². The van der Waals surface area contributed by atoms with Crippen LogP contribution in [0.15, 0.2) is 23.1 Å². The molecule has 0 unspecified atom stereocenters. The Balaban J connectivity index is 1.95. The summed E-state index contributed by atoms with van der Waals surface area (Å²) in [7, 11) is -3.89. The molecule has 0 bridgehead atoms. The SMILES string of the molecule is CC(C)C[C@@H](C(N)=O)N(CCCCNS(=O)(=O)c1ccc(F)cc1Cl)C(=O)CCC1CCCCC1. The van der Waals surface area contributed by atoms with E-state index in [1.165, 1.54) is 19.3 Å². The molecule has 1 aromatic rings. The molecular weight excluding hydrogens is 493 g/mol. The second-order valence-corrected chi connectivity index (χ2v) is 12.0. The average molecular weight is 532 g/mol. The van der Waals surface area contributed by atoms with E-state index in [1.807, 2.05) is 13.8 Å². The van der Waals surface area contributed by atoms with Gasteiger partial charge in [-0.25, -0.2) is 17.5 Å². The van der Waals surface area contributed by atoms with Crippen LogP contribution in [0.3, 0.4) is 0 Å². The number of nitrogens with one attached hydrogen (secondary N) is 1. The van der Waals surface area contributed by atoms with Crippen LogP contribution in [0.5, 0.6) is 0 Å². The molecule has 1 atom stereocenters. The number of carbonyl (C=O) groups is 2. The Hall–Kier alpha value is -1.71. The Bertz CT molecular complexity index is 952. The van der Waals surface area contributed by atoms with Crippen LogP contribution in [0.2, 0.25) is 5.02 Å². The van der Waals surface area contributed by atoms with Gasteiger partial charge in [-0.1, -0.05) is 57.6 Å². The number of nitrogens with two attached hydrogens (primary N) is 1. The minimum absolute atomic E-state index is 0.0706. The molecule has 198 valence electrons. The third kappa shape index (κ3) is 9.69. The van der Waals surface area contributed by atoms with Gasteiger partial charge in [0.1, 0.15) is 16.8 Å². The summed E-state index contributed by atoms with van der Waals surface area (Å²) in [5, 5.41) is -0.190. The maximum Gasteiger partial charge on any atom is 0.242 e. The molecule has 0 aliphatic heterocycles. The molecule has 0 saturated heterocycles. The first-order valence-corrected chi connectivity index (χ1v) is 14.4. The van der Waals surface area contributed by atoms with E-state index in [-0.39, 0.29) is 28.3 Å². The van der Waals surface area contributed by atoms with Crippen molar-refractivity contribution in [1.82, 2.24) is 9.62 Å². The topological polar surface area (TPSA) is 110 Å². The summed E-state index contributed by atoms with van der Waals surface area (Å²) in [6.45, 7) is 4.40. The van der Waals surface area contributed by atoms with Gasteiger partial charge in [-0.3, -0.25) is 9.59 Å². The summed E-state index contributed by atoms with van der Waals surface area (Å²) in [5.41, 5.74) is 5.68. The fraction of sp³-hybridized carbons (Fsp3) is 0.680. The van der Waals surface area contributed by atoms with E-state index < -0.39 is 27.8 Å². The molecule has 0 heterocycles. The van der Waals surface area contributed by atoms with E-state index >= 15 is 0 Å². The number of primary amides is 1. The maximum atomic E-state index is 13.2. The Morgan fingerprint density at radius 1 is 1.20 bits per heavy atom. The van der Waals surface area contributed by atoms with Gasteiger partial charge in [0.05, 0.1) is 5.02 Å². The standard InChI is InChI=1S/C25H39ClFN3O4S/c1-18(2)16-22(25(28)32)30(24(31)13-10-19-8-4-3-5-9-19)15-7-6-14-29-35(33,34)23-12-11-20(27)17-21(23)26/h11-12,17-19,22,29H,3-10,13-16H2,1-2H3,(H2,28,32)/t22-/m0/s1. The summed E-state index contributed by atoms with van der Waals surface area (Å²) < 4.78 is 40.6. The molecule has 7 nitrogen and oxygen atoms in total. The van der Waals surface area contributed by atoms with Gasteiger partial charge in [0.15, 0.2) is 0 Å². The average Bonchev–Trinajstić information content (AvgIpc) is 2.78. The number of amides is 2. The predicted octanol–water partition coefficient (Wildman–Crippen LogP) is 4.63. The van der Waals surface area contributed by atoms with Crippen molar-refractivity contribution in [2.45, 2.75) is 89.0 Å². The van der Waals surface area contributed by atoms with Crippen molar-refractivity contribution < 1.29 is 22.4 Å². The smallest absolute Gasteiger partial charge is 0.242 e. The van der Waals surface area contributed by atoms with Crippen molar-refractivity contribution in [3.05, 3.63) is 29.0 Å². The van der Waals surface area contributed by atoms with Gasteiger partial charge in [0.2, 0.25) is 21.8 Å². The molecule has 3 N–H and O–H groups in total. The van der Waals surface area contributed by atoms with Crippen LogP contribution in [0.25, 0.3) is 0 Å². The number of sulfonamides is 1. The van der Waals surface area contributed by atoms with Gasteiger partial charge in [-0.15, -0.1) is 0 Å². The van der Waals surface area contributed by atoms with Gasteiger partial charge in [-0.05, 0) is 55.7 Å². The second kappa shape index (κ2) is 14.1. The third-order valence-electron chi connectivity index (χ3n) is 6.51. The number of benzene rings is 1. The summed E-state index contributed by atoms with van der Waals surface area (Å²) >= 11 is 5.88. The van der Waals surface area contributed by atoms with Crippen molar-refractivity contribution in [3.8, 4) is 0 Å². The molecule has 1 saturated carbocycles. The highest BCUT2D eigenvalue weighted by molar-refractivity contribution is 7.89. The van der Waals surface area contributed by atoms with E-state index in [0.29, 0.717) is 38.1 Å². The van der Waals surface area contributed by atoms with E-state index in [2.05, 4.69) is 4.72 Å². The number of rotatable bonds is 14. The Labute approximate surface area is 214 Å². The van der Waals surface area contributed by atoms with E-state index in [4.69, 9.17) is 17.3 Å². The number of carbonyl (C=O) groups excluding carboxylic acids is 2. The first kappa shape index (κ1) is 29.5. The lowest BCUT2D eigenvalue weighted by atomic mass is 9.86. The molecular formula is C25H39ClFN3O4S. The monoisotopic (exact) mass is 531 g/mol. The van der Waals surface area contributed by atoms with Crippen LogP contribution in [-0.4, -0.2) is 44.3 Å². The maximum absolute atomic E-state index is 13.2. The summed E-state index contributed by atoms with van der Waals surface area (Å²) in [4.78, 5) is 26.8. The Morgan fingerprint density at radius 2 is 1.89 bits per heavy atom. The minimum Gasteiger partial charge on any atom is -0.368 e. The minimum atomic E-state index is -3.89. The number of hydrogen-bond donors (Lipinski definition) is 2. The summed E-state index contributed by atoms with van der Waals surface area (Å²) in [5.74, 6) is -0.463. The van der Waals surface area contributed by atoms with Crippen molar-refractivity contribution >= 4 is 33.4 Å². The van der Waals surface area contributed by atoms with Crippen LogP contribution in [-0.2, 0) is 19.6 Å². The largest absolute Gasteiger partial charge is 0.368 e. The molecule has 2 rings (SSSR count). The lowest BCUT2D eigenvalue weighted by Gasteiger charge is -2.32. The lowest BCUT2D eigenvalue weighted by molar-refractivity contribution is -0.140. The molecule has 10 heteroatoms. The van der Waals surface area contributed by atoms with Gasteiger partial charge >= 0.3 is 0 Å². The normalized spacial score (nSPS) is 15.8. The summed E-state index contributed by atoms with van der Waals surface area (Å²) in [6.07, 6.45) is 8.61. The Kier molecular flexibility index (Phi) is 11.9. The number of nitrogens with zero attached hydrogens (tertiary/aromatic N) is 1. The first-order chi connectivity index (χ1) is 16.5. The molecule has 0 radical (unpaired) electrons. The van der Waals surface area contributed by atoms with Gasteiger partial charge in [0.25, 0.3) is 0 Å². The van der Waals surface area contributed by atoms with Crippen LogP contribution < -0.4 is 10.5 Å². The van der Waals surface area contributed by atoms with Crippen LogP contribution >= 0.6 is 11.6 Å². The molecule has 2 amide bonds.